The van der Waals surface area contributed by atoms with Gasteiger partial charge in [0.2, 0.25) is 0 Å². The van der Waals surface area contributed by atoms with Crippen LogP contribution in [0.4, 0.5) is 28.2 Å². The number of benzene rings is 2. The van der Waals surface area contributed by atoms with Crippen LogP contribution in [0.15, 0.2) is 65.4 Å². The third-order valence-electron chi connectivity index (χ3n) is 4.95. The zero-order chi connectivity index (χ0) is 26.1. The monoisotopic (exact) mass is 510 g/mol. The lowest BCUT2D eigenvalue weighted by atomic mass is 10.1. The molecule has 3 aromatic rings. The van der Waals surface area contributed by atoms with E-state index in [0.717, 1.165) is 18.7 Å². The smallest absolute Gasteiger partial charge is 0.475 e. The fourth-order valence-electron chi connectivity index (χ4n) is 3.17. The predicted octanol–water partition coefficient (Wildman–Crippen LogP) is 4.59. The molecule has 1 fully saturated rings. The van der Waals surface area contributed by atoms with Crippen molar-refractivity contribution in [2.24, 2.45) is 0 Å². The van der Waals surface area contributed by atoms with Crippen molar-refractivity contribution < 1.29 is 41.5 Å². The number of aliphatic carboxylic acids is 1. The Labute approximate surface area is 202 Å². The number of aromatic nitrogens is 1. The van der Waals surface area contributed by atoms with Gasteiger partial charge in [-0.25, -0.2) is 14.0 Å². The summed E-state index contributed by atoms with van der Waals surface area (Å²) in [6.07, 6.45) is -3.67. The fraction of sp³-hybridized carbons (Fsp3) is 0.261. The lowest BCUT2D eigenvalue weighted by Gasteiger charge is -2.34. The van der Waals surface area contributed by atoms with Crippen LogP contribution in [0.5, 0.6) is 11.5 Å². The van der Waals surface area contributed by atoms with Crippen molar-refractivity contribution >= 4 is 17.8 Å². The van der Waals surface area contributed by atoms with Crippen LogP contribution in [-0.4, -0.2) is 64.4 Å². The highest BCUT2D eigenvalue weighted by atomic mass is 19.4. The Balaban J connectivity index is 0.000000454. The number of rotatable bonds is 5. The summed E-state index contributed by atoms with van der Waals surface area (Å²) in [5.41, 5.74) is 0.956. The van der Waals surface area contributed by atoms with E-state index in [9.17, 15) is 22.4 Å². The maximum Gasteiger partial charge on any atom is 0.490 e. The number of urea groups is 1. The van der Waals surface area contributed by atoms with E-state index in [1.165, 1.54) is 12.3 Å². The number of nitrogens with one attached hydrogen (secondary N) is 1. The van der Waals surface area contributed by atoms with Gasteiger partial charge in [0.15, 0.2) is 17.4 Å². The number of alkyl halides is 3. The second-order valence-corrected chi connectivity index (χ2v) is 7.56. The van der Waals surface area contributed by atoms with Crippen LogP contribution in [0.1, 0.15) is 5.56 Å². The van der Waals surface area contributed by atoms with Crippen molar-refractivity contribution in [3.8, 4) is 11.5 Å². The number of para-hydroxylation sites is 1. The van der Waals surface area contributed by atoms with Gasteiger partial charge >= 0.3 is 18.2 Å². The van der Waals surface area contributed by atoms with E-state index in [0.29, 0.717) is 31.2 Å². The zero-order valence-corrected chi connectivity index (χ0v) is 18.7. The molecule has 0 aliphatic carbocycles. The third kappa shape index (κ3) is 7.98. The van der Waals surface area contributed by atoms with Crippen molar-refractivity contribution in [3.63, 3.8) is 0 Å². The van der Waals surface area contributed by atoms with E-state index in [2.05, 4.69) is 15.4 Å². The van der Waals surface area contributed by atoms with Gasteiger partial charge in [0.05, 0.1) is 0 Å². The predicted molar refractivity (Wildman–Crippen MR) is 119 cm³/mol. The summed E-state index contributed by atoms with van der Waals surface area (Å²) < 4.78 is 56.2. The molecule has 2 aromatic carbocycles. The number of amides is 2. The molecular formula is C23H22F4N4O5. The van der Waals surface area contributed by atoms with Crippen LogP contribution in [0.25, 0.3) is 0 Å². The van der Waals surface area contributed by atoms with Crippen LogP contribution in [-0.2, 0) is 11.3 Å². The summed E-state index contributed by atoms with van der Waals surface area (Å²) in [7, 11) is 0. The second-order valence-electron chi connectivity index (χ2n) is 7.56. The highest BCUT2D eigenvalue weighted by Crippen LogP contribution is 2.26. The Morgan fingerprint density at radius 3 is 2.31 bits per heavy atom. The molecule has 0 unspecified atom stereocenters. The topological polar surface area (TPSA) is 108 Å². The minimum atomic E-state index is -5.08. The van der Waals surface area contributed by atoms with Crippen molar-refractivity contribution in [2.45, 2.75) is 12.7 Å². The molecule has 0 spiro atoms. The van der Waals surface area contributed by atoms with E-state index in [-0.39, 0.29) is 11.8 Å². The first kappa shape index (κ1) is 26.5. The van der Waals surface area contributed by atoms with Gasteiger partial charge in [-0.15, -0.1) is 0 Å². The molecule has 2 amide bonds. The van der Waals surface area contributed by atoms with Crippen molar-refractivity contribution in [3.05, 3.63) is 72.2 Å². The highest BCUT2D eigenvalue weighted by molar-refractivity contribution is 5.88. The summed E-state index contributed by atoms with van der Waals surface area (Å²) in [5, 5.41) is 13.5. The van der Waals surface area contributed by atoms with Gasteiger partial charge in [-0.3, -0.25) is 10.2 Å². The Bertz CT molecular complexity index is 1140. The van der Waals surface area contributed by atoms with E-state index in [4.69, 9.17) is 19.2 Å². The standard InChI is InChI=1S/C21H21FN4O3.C2HF3O2/c22-18-7-6-16(14-19(18)29-17-4-2-1-3-5-17)15-25-9-11-26(12-10-25)21(27)23-20-8-13-28-24-20;3-2(4,5)1(6)7/h1-8,13-14H,9-12,15H2,(H,23,24,27);(H,6,7). The van der Waals surface area contributed by atoms with E-state index in [1.807, 2.05) is 18.2 Å². The maximum absolute atomic E-state index is 14.1. The molecule has 0 bridgehead atoms. The number of carbonyl (C=O) groups excluding carboxylic acids is 1. The van der Waals surface area contributed by atoms with Crippen molar-refractivity contribution in [1.82, 2.24) is 15.0 Å². The Morgan fingerprint density at radius 2 is 1.72 bits per heavy atom. The molecule has 2 heterocycles. The molecule has 1 saturated heterocycles. The lowest BCUT2D eigenvalue weighted by molar-refractivity contribution is -0.192. The molecule has 9 nitrogen and oxygen atoms in total. The molecule has 2 N–H and O–H groups in total. The number of carbonyl (C=O) groups is 2. The first-order chi connectivity index (χ1) is 17.1. The molecule has 36 heavy (non-hydrogen) atoms. The highest BCUT2D eigenvalue weighted by Gasteiger charge is 2.38. The second kappa shape index (κ2) is 12.0. The Hall–Kier alpha value is -4.13. The molecular weight excluding hydrogens is 488 g/mol. The average molecular weight is 510 g/mol. The summed E-state index contributed by atoms with van der Waals surface area (Å²) in [6, 6.07) is 15.5. The van der Waals surface area contributed by atoms with Crippen LogP contribution in [0.2, 0.25) is 0 Å². The maximum atomic E-state index is 14.1. The molecule has 0 atom stereocenters. The molecule has 1 aliphatic heterocycles. The van der Waals surface area contributed by atoms with Crippen LogP contribution >= 0.6 is 0 Å². The van der Waals surface area contributed by atoms with Crippen LogP contribution in [0.3, 0.4) is 0 Å². The number of ether oxygens (including phenoxy) is 1. The van der Waals surface area contributed by atoms with Gasteiger partial charge in [0.25, 0.3) is 0 Å². The van der Waals surface area contributed by atoms with Gasteiger partial charge in [-0.2, -0.15) is 13.2 Å². The summed E-state index contributed by atoms with van der Waals surface area (Å²) in [6.45, 7) is 3.29. The number of carboxylic acids is 1. The molecule has 1 aliphatic rings. The minimum absolute atomic E-state index is 0.195. The Morgan fingerprint density at radius 1 is 1.06 bits per heavy atom. The number of anilines is 1. The quantitative estimate of drug-likeness (QED) is 0.484. The van der Waals surface area contributed by atoms with E-state index in [1.54, 1.807) is 35.2 Å². The Kier molecular flexibility index (Phi) is 8.84. The van der Waals surface area contributed by atoms with Gasteiger partial charge in [-0.05, 0) is 29.8 Å². The summed E-state index contributed by atoms with van der Waals surface area (Å²) in [5.74, 6) is -1.95. The van der Waals surface area contributed by atoms with Crippen molar-refractivity contribution in [1.29, 1.82) is 0 Å². The van der Waals surface area contributed by atoms with Crippen molar-refractivity contribution in [2.75, 3.05) is 31.5 Å². The van der Waals surface area contributed by atoms with Crippen LogP contribution < -0.4 is 10.1 Å². The summed E-state index contributed by atoms with van der Waals surface area (Å²) in [4.78, 5) is 25.1. The molecule has 0 radical (unpaired) electrons. The average Bonchev–Trinajstić information content (AvgIpc) is 3.35. The van der Waals surface area contributed by atoms with Gasteiger partial charge < -0.3 is 19.3 Å². The van der Waals surface area contributed by atoms with Gasteiger partial charge in [0.1, 0.15) is 12.0 Å². The lowest BCUT2D eigenvalue weighted by Crippen LogP contribution is -2.49. The summed E-state index contributed by atoms with van der Waals surface area (Å²) >= 11 is 0. The van der Waals surface area contributed by atoms with Gasteiger partial charge in [-0.1, -0.05) is 29.4 Å². The third-order valence-corrected chi connectivity index (χ3v) is 4.95. The molecule has 13 heteroatoms. The molecule has 1 aromatic heterocycles. The SMILES string of the molecule is O=C(Nc1ccon1)N1CCN(Cc2ccc(F)c(Oc3ccccc3)c2)CC1.O=C(O)C(F)(F)F. The zero-order valence-electron chi connectivity index (χ0n) is 18.7. The minimum Gasteiger partial charge on any atom is -0.475 e. The normalized spacial score (nSPS) is 13.9. The molecule has 192 valence electrons. The number of carboxylic acid groups (broad SMARTS) is 1. The molecule has 4 rings (SSSR count). The first-order valence-corrected chi connectivity index (χ1v) is 10.6. The van der Waals surface area contributed by atoms with Crippen LogP contribution in [0, 0.1) is 5.82 Å². The fourth-order valence-corrected chi connectivity index (χ4v) is 3.17. The molecule has 0 saturated carbocycles. The number of hydrogen-bond donors (Lipinski definition) is 2. The van der Waals surface area contributed by atoms with Gasteiger partial charge in [0, 0.05) is 38.8 Å². The number of hydrogen-bond acceptors (Lipinski definition) is 6. The number of halogens is 4. The van der Waals surface area contributed by atoms with E-state index < -0.39 is 18.0 Å². The number of piperazine rings is 1. The first-order valence-electron chi connectivity index (χ1n) is 10.6. The number of nitrogens with zero attached hydrogens (tertiary/aromatic N) is 3. The largest absolute Gasteiger partial charge is 0.490 e. The van der Waals surface area contributed by atoms with E-state index >= 15 is 0 Å².